The van der Waals surface area contributed by atoms with Crippen LogP contribution < -0.4 is 15.2 Å². The van der Waals surface area contributed by atoms with E-state index in [2.05, 4.69) is 16.1 Å². The molecule has 8 nitrogen and oxygen atoms in total. The first-order valence-electron chi connectivity index (χ1n) is 10.9. The highest BCUT2D eigenvalue weighted by Crippen LogP contribution is 2.18. The van der Waals surface area contributed by atoms with Crippen molar-refractivity contribution < 1.29 is 9.53 Å². The predicted octanol–water partition coefficient (Wildman–Crippen LogP) is 2.55. The van der Waals surface area contributed by atoms with Gasteiger partial charge in [0.25, 0.3) is 11.5 Å². The summed E-state index contributed by atoms with van der Waals surface area (Å²) in [5.41, 5.74) is 1.64. The molecule has 1 aliphatic rings. The number of hydrogen-bond donors (Lipinski definition) is 0. The van der Waals surface area contributed by atoms with Crippen molar-refractivity contribution >= 4 is 11.6 Å². The third-order valence-electron chi connectivity index (χ3n) is 5.55. The van der Waals surface area contributed by atoms with E-state index < -0.39 is 0 Å². The smallest absolute Gasteiger partial charge is 0.274 e. The first-order chi connectivity index (χ1) is 16.1. The van der Waals surface area contributed by atoms with Crippen LogP contribution in [0.25, 0.3) is 0 Å². The molecule has 0 unspecified atom stereocenters. The van der Waals surface area contributed by atoms with Crippen molar-refractivity contribution in [2.75, 3.05) is 37.7 Å². The van der Waals surface area contributed by atoms with Crippen LogP contribution in [0.4, 0.5) is 5.69 Å². The van der Waals surface area contributed by atoms with Gasteiger partial charge in [-0.3, -0.25) is 9.59 Å². The molecule has 0 atom stereocenters. The van der Waals surface area contributed by atoms with Gasteiger partial charge in [0.2, 0.25) is 0 Å². The van der Waals surface area contributed by atoms with Crippen LogP contribution >= 0.6 is 0 Å². The van der Waals surface area contributed by atoms with E-state index >= 15 is 0 Å². The first kappa shape index (κ1) is 22.1. The van der Waals surface area contributed by atoms with Gasteiger partial charge in [0.15, 0.2) is 0 Å². The average Bonchev–Trinajstić information content (AvgIpc) is 3.12. The zero-order chi connectivity index (χ0) is 23.0. The maximum Gasteiger partial charge on any atom is 0.274 e. The Balaban J connectivity index is 1.38. The summed E-state index contributed by atoms with van der Waals surface area (Å²) in [7, 11) is 0. The van der Waals surface area contributed by atoms with Gasteiger partial charge in [0.1, 0.15) is 18.1 Å². The summed E-state index contributed by atoms with van der Waals surface area (Å²) in [6.07, 6.45) is 0.816. The molecule has 0 radical (unpaired) electrons. The number of aromatic nitrogens is 2. The lowest BCUT2D eigenvalue weighted by Crippen LogP contribution is -2.37. The van der Waals surface area contributed by atoms with Crippen LogP contribution in [0.1, 0.15) is 22.5 Å². The quantitative estimate of drug-likeness (QED) is 0.582. The van der Waals surface area contributed by atoms with Crippen molar-refractivity contribution in [2.45, 2.75) is 13.0 Å². The molecule has 1 aliphatic heterocycles. The zero-order valence-electron chi connectivity index (χ0n) is 18.3. The van der Waals surface area contributed by atoms with Crippen LogP contribution in [-0.4, -0.2) is 53.4 Å². The number of nitrogens with zero attached hydrogens (tertiary/aromatic N) is 5. The van der Waals surface area contributed by atoms with Crippen LogP contribution in [0.2, 0.25) is 0 Å². The summed E-state index contributed by atoms with van der Waals surface area (Å²) in [5, 5.41) is 13.3. The monoisotopic (exact) mass is 443 g/mol. The number of anilines is 1. The summed E-state index contributed by atoms with van der Waals surface area (Å²) < 4.78 is 6.92. The molecule has 33 heavy (non-hydrogen) atoms. The molecule has 2 heterocycles. The van der Waals surface area contributed by atoms with Crippen molar-refractivity contribution in [3.63, 3.8) is 0 Å². The van der Waals surface area contributed by atoms with Gasteiger partial charge in [-0.15, -0.1) is 0 Å². The first-order valence-corrected chi connectivity index (χ1v) is 10.9. The van der Waals surface area contributed by atoms with Gasteiger partial charge in [0.05, 0.1) is 18.2 Å². The van der Waals surface area contributed by atoms with Crippen molar-refractivity contribution in [3.05, 3.63) is 88.3 Å². The zero-order valence-corrected chi connectivity index (χ0v) is 18.3. The Bertz CT molecular complexity index is 1190. The lowest BCUT2D eigenvalue weighted by molar-refractivity contribution is 0.0757. The number of amides is 1. The van der Waals surface area contributed by atoms with Crippen LogP contribution in [0.3, 0.4) is 0 Å². The fraction of sp³-hybridized carbons (Fsp3) is 0.280. The molecule has 0 spiro atoms. The molecule has 3 aromatic rings. The molecule has 0 bridgehead atoms. The van der Waals surface area contributed by atoms with E-state index in [0.29, 0.717) is 30.9 Å². The van der Waals surface area contributed by atoms with Gasteiger partial charge >= 0.3 is 0 Å². The summed E-state index contributed by atoms with van der Waals surface area (Å²) in [6, 6.07) is 21.8. The second-order valence-corrected chi connectivity index (χ2v) is 7.73. The molecular formula is C25H25N5O3. The Kier molecular flexibility index (Phi) is 7.00. The fourth-order valence-corrected chi connectivity index (χ4v) is 3.78. The standard InChI is InChI=1S/C25H25N5O3/c26-19-20-7-9-21(10-8-20)28-13-4-14-29(16-15-28)25(32)23-11-12-24(31)30(27-23)17-18-33-22-5-2-1-3-6-22/h1-3,5-12H,4,13-18H2. The van der Waals surface area contributed by atoms with Crippen molar-refractivity contribution in [2.24, 2.45) is 0 Å². The molecule has 0 saturated carbocycles. The van der Waals surface area contributed by atoms with Gasteiger partial charge in [-0.1, -0.05) is 18.2 Å². The molecule has 1 fully saturated rings. The highest BCUT2D eigenvalue weighted by molar-refractivity contribution is 5.92. The summed E-state index contributed by atoms with van der Waals surface area (Å²) in [5.74, 6) is 0.531. The molecule has 0 aliphatic carbocycles. The Hall–Kier alpha value is -4.12. The molecule has 8 heteroatoms. The number of carbonyl (C=O) groups excluding carboxylic acids is 1. The Morgan fingerprint density at radius 2 is 1.76 bits per heavy atom. The van der Waals surface area contributed by atoms with Crippen molar-refractivity contribution in [3.8, 4) is 11.8 Å². The molecule has 1 aromatic heterocycles. The Morgan fingerprint density at radius 3 is 2.52 bits per heavy atom. The number of benzene rings is 2. The maximum absolute atomic E-state index is 13.1. The molecule has 4 rings (SSSR count). The number of hydrogen-bond acceptors (Lipinski definition) is 6. The largest absolute Gasteiger partial charge is 0.492 e. The minimum absolute atomic E-state index is 0.186. The van der Waals surface area contributed by atoms with Crippen LogP contribution in [-0.2, 0) is 6.54 Å². The van der Waals surface area contributed by atoms with E-state index in [1.54, 1.807) is 17.0 Å². The number of ether oxygens (including phenoxy) is 1. The highest BCUT2D eigenvalue weighted by Gasteiger charge is 2.22. The Labute approximate surface area is 192 Å². The second kappa shape index (κ2) is 10.5. The minimum Gasteiger partial charge on any atom is -0.492 e. The molecular weight excluding hydrogens is 418 g/mol. The fourth-order valence-electron chi connectivity index (χ4n) is 3.78. The van der Waals surface area contributed by atoms with Crippen molar-refractivity contribution in [1.29, 1.82) is 5.26 Å². The molecule has 1 amide bonds. The van der Waals surface area contributed by atoms with E-state index in [4.69, 9.17) is 10.00 Å². The number of rotatable bonds is 6. The molecule has 1 saturated heterocycles. The van der Waals surface area contributed by atoms with Crippen LogP contribution in [0.5, 0.6) is 5.75 Å². The van der Waals surface area contributed by atoms with E-state index in [1.165, 1.54) is 16.8 Å². The van der Waals surface area contributed by atoms with Gasteiger partial charge in [-0.25, -0.2) is 4.68 Å². The lowest BCUT2D eigenvalue weighted by atomic mass is 10.2. The van der Waals surface area contributed by atoms with Gasteiger partial charge in [0, 0.05) is 37.9 Å². The van der Waals surface area contributed by atoms with E-state index in [9.17, 15) is 9.59 Å². The normalized spacial score (nSPS) is 13.8. The predicted molar refractivity (Wildman–Crippen MR) is 124 cm³/mol. The third-order valence-corrected chi connectivity index (χ3v) is 5.55. The van der Waals surface area contributed by atoms with E-state index in [1.807, 2.05) is 42.5 Å². The molecule has 168 valence electrons. The van der Waals surface area contributed by atoms with Gasteiger partial charge in [-0.2, -0.15) is 10.4 Å². The molecule has 2 aromatic carbocycles. The van der Waals surface area contributed by atoms with Gasteiger partial charge in [-0.05, 0) is 48.9 Å². The van der Waals surface area contributed by atoms with E-state index in [-0.39, 0.29) is 30.3 Å². The number of nitriles is 1. The highest BCUT2D eigenvalue weighted by atomic mass is 16.5. The van der Waals surface area contributed by atoms with E-state index in [0.717, 1.165) is 18.7 Å². The minimum atomic E-state index is -0.272. The van der Waals surface area contributed by atoms with Crippen molar-refractivity contribution in [1.82, 2.24) is 14.7 Å². The van der Waals surface area contributed by atoms with Crippen LogP contribution in [0, 0.1) is 11.3 Å². The summed E-state index contributed by atoms with van der Waals surface area (Å²) in [4.78, 5) is 29.3. The maximum atomic E-state index is 13.1. The lowest BCUT2D eigenvalue weighted by Gasteiger charge is -2.23. The average molecular weight is 444 g/mol. The topological polar surface area (TPSA) is 91.5 Å². The number of carbonyl (C=O) groups is 1. The third kappa shape index (κ3) is 5.57. The number of para-hydroxylation sites is 1. The van der Waals surface area contributed by atoms with Crippen LogP contribution in [0.15, 0.2) is 71.5 Å². The molecule has 0 N–H and O–H groups in total. The SMILES string of the molecule is N#Cc1ccc(N2CCCN(C(=O)c3ccc(=O)n(CCOc4ccccc4)n3)CC2)cc1. The summed E-state index contributed by atoms with van der Waals surface area (Å²) >= 11 is 0. The second-order valence-electron chi connectivity index (χ2n) is 7.73. The summed E-state index contributed by atoms with van der Waals surface area (Å²) in [6.45, 7) is 3.20. The Morgan fingerprint density at radius 1 is 0.970 bits per heavy atom. The van der Waals surface area contributed by atoms with Gasteiger partial charge < -0.3 is 14.5 Å².